The summed E-state index contributed by atoms with van der Waals surface area (Å²) in [6.45, 7) is 12.5. The Kier molecular flexibility index (Phi) is 7.26. The quantitative estimate of drug-likeness (QED) is 0.298. The molecule has 38 heavy (non-hydrogen) atoms. The van der Waals surface area contributed by atoms with Crippen molar-refractivity contribution in [2.24, 2.45) is 11.3 Å². The zero-order chi connectivity index (χ0) is 26.7. The van der Waals surface area contributed by atoms with Crippen molar-refractivity contribution in [2.45, 2.75) is 65.6 Å². The Morgan fingerprint density at radius 3 is 2.53 bits per heavy atom. The normalized spacial score (nSPS) is 17.9. The highest BCUT2D eigenvalue weighted by Crippen LogP contribution is 2.40. The van der Waals surface area contributed by atoms with Crippen LogP contribution >= 0.6 is 0 Å². The van der Waals surface area contributed by atoms with Gasteiger partial charge in [0.1, 0.15) is 0 Å². The van der Waals surface area contributed by atoms with Gasteiger partial charge in [0.15, 0.2) is 0 Å². The van der Waals surface area contributed by atoms with E-state index in [0.717, 1.165) is 41.3 Å². The highest BCUT2D eigenvalue weighted by atomic mass is 16.1. The Morgan fingerprint density at radius 2 is 1.87 bits per heavy atom. The predicted molar refractivity (Wildman–Crippen MR) is 150 cm³/mol. The molecular formula is C29H36N8O. The van der Waals surface area contributed by atoms with E-state index in [9.17, 15) is 4.79 Å². The number of hydrogen-bond acceptors (Lipinski definition) is 6. The van der Waals surface area contributed by atoms with Crippen LogP contribution in [-0.4, -0.2) is 42.1 Å². The summed E-state index contributed by atoms with van der Waals surface area (Å²) in [5, 5.41) is 16.0. The number of imidazole rings is 1. The summed E-state index contributed by atoms with van der Waals surface area (Å²) in [6.07, 6.45) is 6.61. The Labute approximate surface area is 223 Å². The van der Waals surface area contributed by atoms with E-state index in [1.807, 2.05) is 36.4 Å². The Bertz CT molecular complexity index is 1380. The van der Waals surface area contributed by atoms with Crippen LogP contribution in [0.1, 0.15) is 62.4 Å². The standard InChI is InChI=1S/C29H36N8O/c1-5-18-36-25-9-7-6-8-24(25)30-28(36)37(23-16-14-22(15-17-23)29(2,3)4)19-20-10-12-21(13-11-20)26(38)31-27-32-34-35-33-27/h5-13,22-23H,1,14-19H2,2-4H3,(H2,31,32,33,34,35,38). The van der Waals surface area contributed by atoms with Gasteiger partial charge in [-0.05, 0) is 72.1 Å². The van der Waals surface area contributed by atoms with E-state index in [-0.39, 0.29) is 11.9 Å². The molecule has 1 fully saturated rings. The number of H-pyrrole nitrogens is 1. The number of allylic oxidation sites excluding steroid dienone is 1. The van der Waals surface area contributed by atoms with E-state index >= 15 is 0 Å². The van der Waals surface area contributed by atoms with Crippen molar-refractivity contribution in [1.29, 1.82) is 0 Å². The number of aromatic nitrogens is 6. The number of nitrogens with one attached hydrogen (secondary N) is 2. The number of tetrazole rings is 1. The minimum atomic E-state index is -0.275. The first-order valence-electron chi connectivity index (χ1n) is 13.3. The summed E-state index contributed by atoms with van der Waals surface area (Å²) in [5.74, 6) is 1.58. The molecule has 2 heterocycles. The zero-order valence-corrected chi connectivity index (χ0v) is 22.4. The summed E-state index contributed by atoms with van der Waals surface area (Å²) in [6, 6.07) is 16.4. The lowest BCUT2D eigenvalue weighted by atomic mass is 9.71. The molecule has 0 atom stereocenters. The highest BCUT2D eigenvalue weighted by Gasteiger charge is 2.33. The number of amides is 1. The van der Waals surface area contributed by atoms with Crippen molar-refractivity contribution in [3.63, 3.8) is 0 Å². The van der Waals surface area contributed by atoms with Crippen LogP contribution in [0.4, 0.5) is 11.9 Å². The van der Waals surface area contributed by atoms with Crippen LogP contribution < -0.4 is 10.2 Å². The number of carbonyl (C=O) groups is 1. The average molecular weight is 513 g/mol. The van der Waals surface area contributed by atoms with Gasteiger partial charge in [0.2, 0.25) is 5.95 Å². The lowest BCUT2D eigenvalue weighted by molar-refractivity contribution is 0.102. The van der Waals surface area contributed by atoms with Crippen LogP contribution in [0, 0.1) is 11.3 Å². The molecule has 1 aliphatic carbocycles. The van der Waals surface area contributed by atoms with Crippen LogP contribution in [0.3, 0.4) is 0 Å². The molecule has 5 rings (SSSR count). The molecule has 2 aromatic carbocycles. The molecule has 2 aromatic heterocycles. The van der Waals surface area contributed by atoms with Gasteiger partial charge in [0, 0.05) is 24.7 Å². The number of carbonyl (C=O) groups excluding carboxylic acids is 1. The molecule has 0 aliphatic heterocycles. The molecular weight excluding hydrogens is 476 g/mol. The number of anilines is 2. The first-order valence-corrected chi connectivity index (χ1v) is 13.3. The Hall–Kier alpha value is -4.01. The van der Waals surface area contributed by atoms with E-state index in [2.05, 4.69) is 81.0 Å². The van der Waals surface area contributed by atoms with Crippen LogP contribution in [0.2, 0.25) is 0 Å². The smallest absolute Gasteiger partial charge is 0.270 e. The van der Waals surface area contributed by atoms with E-state index < -0.39 is 0 Å². The lowest BCUT2D eigenvalue weighted by Gasteiger charge is -2.41. The fraction of sp³-hybridized carbons (Fsp3) is 0.414. The number of fused-ring (bicyclic) bond motifs is 1. The number of hydrogen-bond donors (Lipinski definition) is 2. The first kappa shape index (κ1) is 25.6. The molecule has 198 valence electrons. The van der Waals surface area contributed by atoms with Crippen LogP contribution in [0.25, 0.3) is 11.0 Å². The van der Waals surface area contributed by atoms with Gasteiger partial charge < -0.3 is 9.47 Å². The van der Waals surface area contributed by atoms with Gasteiger partial charge in [-0.15, -0.1) is 11.7 Å². The van der Waals surface area contributed by atoms with Crippen LogP contribution in [0.5, 0.6) is 0 Å². The van der Waals surface area contributed by atoms with Gasteiger partial charge in [-0.1, -0.05) is 56.2 Å². The first-order chi connectivity index (χ1) is 18.3. The molecule has 0 unspecified atom stereocenters. The maximum absolute atomic E-state index is 12.6. The molecule has 9 nitrogen and oxygen atoms in total. The molecule has 0 radical (unpaired) electrons. The molecule has 0 spiro atoms. The monoisotopic (exact) mass is 512 g/mol. The number of nitrogens with zero attached hydrogens (tertiary/aromatic N) is 6. The fourth-order valence-corrected chi connectivity index (χ4v) is 5.55. The third kappa shape index (κ3) is 5.46. The SMILES string of the molecule is C=CCn1c(N(Cc2ccc(C(=O)Nc3nn[nH]n3)cc2)C2CCC(C(C)(C)C)CC2)nc2ccccc21. The molecule has 1 aliphatic rings. The molecule has 0 saturated heterocycles. The van der Waals surface area contributed by atoms with Crippen LogP contribution in [-0.2, 0) is 13.1 Å². The summed E-state index contributed by atoms with van der Waals surface area (Å²) in [5.41, 5.74) is 4.09. The lowest BCUT2D eigenvalue weighted by Crippen LogP contribution is -2.41. The van der Waals surface area contributed by atoms with E-state index in [1.54, 1.807) is 0 Å². The van der Waals surface area contributed by atoms with Crippen molar-refractivity contribution in [1.82, 2.24) is 30.2 Å². The highest BCUT2D eigenvalue weighted by molar-refractivity contribution is 6.03. The minimum absolute atomic E-state index is 0.150. The van der Waals surface area contributed by atoms with Gasteiger partial charge in [-0.3, -0.25) is 10.1 Å². The van der Waals surface area contributed by atoms with E-state index in [4.69, 9.17) is 4.98 Å². The summed E-state index contributed by atoms with van der Waals surface area (Å²) < 4.78 is 2.27. The van der Waals surface area contributed by atoms with Crippen molar-refractivity contribution in [2.75, 3.05) is 10.2 Å². The number of para-hydroxylation sites is 2. The maximum Gasteiger partial charge on any atom is 0.270 e. The Balaban J connectivity index is 1.43. The van der Waals surface area contributed by atoms with Gasteiger partial charge in [0.05, 0.1) is 11.0 Å². The summed E-state index contributed by atoms with van der Waals surface area (Å²) in [7, 11) is 0. The van der Waals surface area contributed by atoms with Crippen LogP contribution in [0.15, 0.2) is 61.2 Å². The largest absolute Gasteiger partial charge is 0.335 e. The summed E-state index contributed by atoms with van der Waals surface area (Å²) >= 11 is 0. The minimum Gasteiger partial charge on any atom is -0.335 e. The molecule has 9 heteroatoms. The fourth-order valence-electron chi connectivity index (χ4n) is 5.55. The second-order valence-corrected chi connectivity index (χ2v) is 11.2. The molecule has 4 aromatic rings. The topological polar surface area (TPSA) is 105 Å². The van der Waals surface area contributed by atoms with E-state index in [1.165, 1.54) is 12.8 Å². The third-order valence-corrected chi connectivity index (χ3v) is 7.70. The van der Waals surface area contributed by atoms with Crippen molar-refractivity contribution in [3.05, 3.63) is 72.3 Å². The Morgan fingerprint density at radius 1 is 1.13 bits per heavy atom. The van der Waals surface area contributed by atoms with Gasteiger partial charge in [-0.25, -0.2) is 4.98 Å². The molecule has 1 saturated carbocycles. The third-order valence-electron chi connectivity index (χ3n) is 7.70. The predicted octanol–water partition coefficient (Wildman–Crippen LogP) is 5.60. The molecule has 1 amide bonds. The second kappa shape index (κ2) is 10.8. The number of aromatic amines is 1. The van der Waals surface area contributed by atoms with Gasteiger partial charge in [-0.2, -0.15) is 5.21 Å². The maximum atomic E-state index is 12.6. The van der Waals surface area contributed by atoms with Crippen molar-refractivity contribution < 1.29 is 4.79 Å². The second-order valence-electron chi connectivity index (χ2n) is 11.2. The average Bonchev–Trinajstić information content (AvgIpc) is 3.55. The number of rotatable bonds is 8. The summed E-state index contributed by atoms with van der Waals surface area (Å²) in [4.78, 5) is 20.2. The van der Waals surface area contributed by atoms with Gasteiger partial charge >= 0.3 is 0 Å². The van der Waals surface area contributed by atoms with Crippen molar-refractivity contribution >= 4 is 28.8 Å². The zero-order valence-electron chi connectivity index (χ0n) is 22.4. The van der Waals surface area contributed by atoms with Crippen molar-refractivity contribution in [3.8, 4) is 0 Å². The van der Waals surface area contributed by atoms with E-state index in [0.29, 0.717) is 30.1 Å². The van der Waals surface area contributed by atoms with Gasteiger partial charge in [0.25, 0.3) is 11.9 Å². The molecule has 0 bridgehead atoms. The number of benzene rings is 2. The molecule has 2 N–H and O–H groups in total.